The van der Waals surface area contributed by atoms with E-state index in [2.05, 4.69) is 27.7 Å². The molecule has 1 fully saturated rings. The van der Waals surface area contributed by atoms with E-state index in [4.69, 9.17) is 23.2 Å². The van der Waals surface area contributed by atoms with E-state index in [9.17, 15) is 0 Å². The van der Waals surface area contributed by atoms with Crippen molar-refractivity contribution >= 4 is 23.2 Å². The summed E-state index contributed by atoms with van der Waals surface area (Å²) in [5.74, 6) is 0. The molecule has 1 saturated carbocycles. The highest BCUT2D eigenvalue weighted by atomic mass is 35.5. The van der Waals surface area contributed by atoms with E-state index in [-0.39, 0.29) is 10.8 Å². The van der Waals surface area contributed by atoms with Crippen LogP contribution >= 0.6 is 23.2 Å². The summed E-state index contributed by atoms with van der Waals surface area (Å²) in [7, 11) is 0. The van der Waals surface area contributed by atoms with Gasteiger partial charge in [0.2, 0.25) is 0 Å². The van der Waals surface area contributed by atoms with E-state index >= 15 is 0 Å². The van der Waals surface area contributed by atoms with Crippen LogP contribution in [0.5, 0.6) is 0 Å². The molecule has 0 nitrogen and oxygen atoms in total. The van der Waals surface area contributed by atoms with Gasteiger partial charge in [-0.05, 0) is 12.8 Å². The topological polar surface area (TPSA) is 0 Å². The van der Waals surface area contributed by atoms with Gasteiger partial charge in [-0.3, -0.25) is 0 Å². The molecule has 0 aromatic heterocycles. The van der Waals surface area contributed by atoms with Crippen molar-refractivity contribution < 1.29 is 0 Å². The standard InChI is InChI=1S/C9H16Cl2/c1-5-8(6-2)7(3,4)9(8,10)11/h5-6H2,1-4H3. The number of rotatable bonds is 2. The lowest BCUT2D eigenvalue weighted by Crippen LogP contribution is -2.07. The first-order valence-corrected chi connectivity index (χ1v) is 5.01. The van der Waals surface area contributed by atoms with Crippen LogP contribution in [0.2, 0.25) is 0 Å². The molecule has 66 valence electrons. The molecular weight excluding hydrogens is 179 g/mol. The van der Waals surface area contributed by atoms with Gasteiger partial charge in [0.05, 0.1) is 0 Å². The largest absolute Gasteiger partial charge is 0.130 e. The van der Waals surface area contributed by atoms with Gasteiger partial charge in [-0.2, -0.15) is 0 Å². The zero-order chi connectivity index (χ0) is 8.91. The second-order valence-corrected chi connectivity index (χ2v) is 5.32. The minimum absolute atomic E-state index is 0.0899. The van der Waals surface area contributed by atoms with Crippen molar-refractivity contribution in [1.29, 1.82) is 0 Å². The Morgan fingerprint density at radius 3 is 1.27 bits per heavy atom. The van der Waals surface area contributed by atoms with E-state index in [1.54, 1.807) is 0 Å². The summed E-state index contributed by atoms with van der Waals surface area (Å²) >= 11 is 12.4. The van der Waals surface area contributed by atoms with Gasteiger partial charge in [-0.1, -0.05) is 27.7 Å². The normalized spacial score (nSPS) is 30.0. The Morgan fingerprint density at radius 1 is 1.00 bits per heavy atom. The Morgan fingerprint density at radius 2 is 1.27 bits per heavy atom. The molecule has 0 atom stereocenters. The molecule has 0 radical (unpaired) electrons. The van der Waals surface area contributed by atoms with Crippen LogP contribution in [0.25, 0.3) is 0 Å². The fourth-order valence-electron chi connectivity index (χ4n) is 2.51. The molecule has 0 unspecified atom stereocenters. The van der Waals surface area contributed by atoms with E-state index in [1.165, 1.54) is 0 Å². The number of hydrogen-bond donors (Lipinski definition) is 0. The summed E-state index contributed by atoms with van der Waals surface area (Å²) in [6.45, 7) is 8.63. The minimum Gasteiger partial charge on any atom is -0.100 e. The van der Waals surface area contributed by atoms with Crippen LogP contribution in [-0.4, -0.2) is 4.33 Å². The van der Waals surface area contributed by atoms with Crippen molar-refractivity contribution in [2.45, 2.75) is 44.9 Å². The first-order valence-electron chi connectivity index (χ1n) is 4.25. The Kier molecular flexibility index (Phi) is 2.01. The van der Waals surface area contributed by atoms with E-state index in [0.29, 0.717) is 0 Å². The zero-order valence-electron chi connectivity index (χ0n) is 7.67. The minimum atomic E-state index is -0.497. The van der Waals surface area contributed by atoms with Gasteiger partial charge in [0.1, 0.15) is 4.33 Å². The van der Waals surface area contributed by atoms with Crippen molar-refractivity contribution in [3.05, 3.63) is 0 Å². The van der Waals surface area contributed by atoms with E-state index in [0.717, 1.165) is 12.8 Å². The van der Waals surface area contributed by atoms with E-state index in [1.807, 2.05) is 0 Å². The SMILES string of the molecule is CCC1(CC)C(C)(C)C1(Cl)Cl. The molecule has 11 heavy (non-hydrogen) atoms. The van der Waals surface area contributed by atoms with Crippen LogP contribution in [0.15, 0.2) is 0 Å². The second-order valence-electron chi connectivity index (χ2n) is 3.99. The van der Waals surface area contributed by atoms with Gasteiger partial charge in [0, 0.05) is 10.8 Å². The average Bonchev–Trinajstić information content (AvgIpc) is 2.22. The first-order chi connectivity index (χ1) is 4.87. The number of hydrogen-bond acceptors (Lipinski definition) is 0. The monoisotopic (exact) mass is 194 g/mol. The van der Waals surface area contributed by atoms with E-state index < -0.39 is 4.33 Å². The predicted molar refractivity (Wildman–Crippen MR) is 51.2 cm³/mol. The Balaban J connectivity index is 2.93. The van der Waals surface area contributed by atoms with Gasteiger partial charge in [-0.15, -0.1) is 23.2 Å². The lowest BCUT2D eigenvalue weighted by Gasteiger charge is -2.13. The maximum absolute atomic E-state index is 6.22. The highest BCUT2D eigenvalue weighted by molar-refractivity contribution is 6.52. The van der Waals surface area contributed by atoms with Gasteiger partial charge >= 0.3 is 0 Å². The van der Waals surface area contributed by atoms with Crippen LogP contribution in [0, 0.1) is 10.8 Å². The highest BCUT2D eigenvalue weighted by Gasteiger charge is 2.79. The fraction of sp³-hybridized carbons (Fsp3) is 1.00. The summed E-state index contributed by atoms with van der Waals surface area (Å²) in [6.07, 6.45) is 2.15. The lowest BCUT2D eigenvalue weighted by atomic mass is 9.91. The Bertz CT molecular complexity index is 150. The summed E-state index contributed by atoms with van der Waals surface area (Å²) in [5, 5.41) is 0. The molecule has 0 aromatic carbocycles. The van der Waals surface area contributed by atoms with Gasteiger partial charge in [0.15, 0.2) is 0 Å². The summed E-state index contributed by atoms with van der Waals surface area (Å²) in [6, 6.07) is 0. The van der Waals surface area contributed by atoms with Gasteiger partial charge in [-0.25, -0.2) is 0 Å². The fourth-order valence-corrected chi connectivity index (χ4v) is 3.79. The molecule has 0 heterocycles. The smallest absolute Gasteiger partial charge is 0.100 e. The van der Waals surface area contributed by atoms with Crippen molar-refractivity contribution in [3.8, 4) is 0 Å². The maximum Gasteiger partial charge on any atom is 0.130 e. The van der Waals surface area contributed by atoms with Crippen molar-refractivity contribution in [2.24, 2.45) is 10.8 Å². The van der Waals surface area contributed by atoms with Crippen LogP contribution in [0.1, 0.15) is 40.5 Å². The molecule has 0 spiro atoms. The molecule has 0 N–H and O–H groups in total. The molecule has 0 aliphatic heterocycles. The molecule has 1 aliphatic rings. The average molecular weight is 195 g/mol. The third kappa shape index (κ3) is 0.781. The summed E-state index contributed by atoms with van der Waals surface area (Å²) in [4.78, 5) is 0. The number of halogens is 2. The summed E-state index contributed by atoms with van der Waals surface area (Å²) in [5.41, 5.74) is 0.246. The highest BCUT2D eigenvalue weighted by Crippen LogP contribution is 2.80. The van der Waals surface area contributed by atoms with Gasteiger partial charge in [0.25, 0.3) is 0 Å². The molecule has 0 bridgehead atoms. The molecule has 0 saturated heterocycles. The van der Waals surface area contributed by atoms with Crippen LogP contribution in [-0.2, 0) is 0 Å². The van der Waals surface area contributed by atoms with Crippen molar-refractivity contribution in [3.63, 3.8) is 0 Å². The van der Waals surface area contributed by atoms with Crippen LogP contribution < -0.4 is 0 Å². The van der Waals surface area contributed by atoms with Crippen LogP contribution in [0.3, 0.4) is 0 Å². The molecule has 0 aromatic rings. The molecule has 1 aliphatic carbocycles. The molecule has 1 rings (SSSR count). The predicted octanol–water partition coefficient (Wildman–Crippen LogP) is 4.01. The molecule has 0 amide bonds. The quantitative estimate of drug-likeness (QED) is 0.584. The summed E-state index contributed by atoms with van der Waals surface area (Å²) < 4.78 is -0.497. The van der Waals surface area contributed by atoms with Gasteiger partial charge < -0.3 is 0 Å². The zero-order valence-corrected chi connectivity index (χ0v) is 9.18. The maximum atomic E-state index is 6.22. The lowest BCUT2D eigenvalue weighted by molar-refractivity contribution is 0.357. The number of alkyl halides is 2. The Labute approximate surface area is 79.3 Å². The molecular formula is C9H16Cl2. The van der Waals surface area contributed by atoms with Crippen molar-refractivity contribution in [2.75, 3.05) is 0 Å². The third-order valence-electron chi connectivity index (χ3n) is 3.73. The molecule has 2 heteroatoms. The van der Waals surface area contributed by atoms with Crippen molar-refractivity contribution in [1.82, 2.24) is 0 Å². The second kappa shape index (κ2) is 2.29. The van der Waals surface area contributed by atoms with Crippen LogP contribution in [0.4, 0.5) is 0 Å². The third-order valence-corrected chi connectivity index (χ3v) is 5.40. The first kappa shape index (κ1) is 9.67. The Hall–Kier alpha value is 0.580.